The SMILES string of the molecule is CN/C(N)=C(\C(=N)N1CCC(c2nc(-c3ccccc3)cn2CCN2CCC2)CC1)C(N)=O. The Balaban J connectivity index is 1.50. The highest BCUT2D eigenvalue weighted by Gasteiger charge is 2.29. The van der Waals surface area contributed by atoms with Gasteiger partial charge in [-0.25, -0.2) is 4.98 Å². The number of benzene rings is 1. The third-order valence-electron chi connectivity index (χ3n) is 6.68. The Morgan fingerprint density at radius 2 is 1.82 bits per heavy atom. The van der Waals surface area contributed by atoms with Gasteiger partial charge in [-0.05, 0) is 32.4 Å². The first-order valence-corrected chi connectivity index (χ1v) is 11.6. The third-order valence-corrected chi connectivity index (χ3v) is 6.68. The summed E-state index contributed by atoms with van der Waals surface area (Å²) in [5.74, 6) is 0.928. The van der Waals surface area contributed by atoms with Crippen LogP contribution in [0.25, 0.3) is 11.3 Å². The van der Waals surface area contributed by atoms with Crippen molar-refractivity contribution in [3.8, 4) is 11.3 Å². The third kappa shape index (κ3) is 5.03. The molecule has 2 fully saturated rings. The van der Waals surface area contributed by atoms with Crippen LogP contribution in [0, 0.1) is 5.41 Å². The van der Waals surface area contributed by atoms with E-state index in [1.54, 1.807) is 7.05 Å². The number of amidine groups is 1. The van der Waals surface area contributed by atoms with Crippen molar-refractivity contribution in [1.29, 1.82) is 5.41 Å². The van der Waals surface area contributed by atoms with Crippen molar-refractivity contribution in [2.45, 2.75) is 31.7 Å². The topological polar surface area (TPSA) is 129 Å². The molecule has 2 aromatic rings. The molecular formula is C24H34N8O. The molecule has 3 heterocycles. The molecular weight excluding hydrogens is 416 g/mol. The number of primary amides is 1. The molecule has 176 valence electrons. The molecule has 4 rings (SSSR count). The number of likely N-dealkylation sites (tertiary alicyclic amines) is 2. The number of nitrogens with two attached hydrogens (primary N) is 2. The number of nitrogens with one attached hydrogen (secondary N) is 2. The Kier molecular flexibility index (Phi) is 6.98. The quantitative estimate of drug-likeness (QED) is 0.272. The van der Waals surface area contributed by atoms with Crippen LogP contribution in [-0.4, -0.2) is 70.9 Å². The van der Waals surface area contributed by atoms with Crippen molar-refractivity contribution in [1.82, 2.24) is 24.7 Å². The number of aromatic nitrogens is 2. The van der Waals surface area contributed by atoms with Crippen LogP contribution >= 0.6 is 0 Å². The number of hydrogen-bond donors (Lipinski definition) is 4. The van der Waals surface area contributed by atoms with Gasteiger partial charge in [-0.3, -0.25) is 10.2 Å². The van der Waals surface area contributed by atoms with E-state index in [0.29, 0.717) is 19.0 Å². The summed E-state index contributed by atoms with van der Waals surface area (Å²) in [4.78, 5) is 21.3. The molecule has 0 atom stereocenters. The zero-order chi connectivity index (χ0) is 23.4. The molecule has 9 heteroatoms. The fraction of sp³-hybridized carbons (Fsp3) is 0.458. The zero-order valence-corrected chi connectivity index (χ0v) is 19.3. The summed E-state index contributed by atoms with van der Waals surface area (Å²) in [5.41, 5.74) is 13.5. The standard InChI is InChI=1S/C24H34N8O/c1-28-21(25)20(23(27)33)22(26)31-12-8-18(9-13-31)24-29-19(17-6-3-2-4-7-17)16-32(24)15-14-30-10-5-11-30/h2-4,6-7,16,18,26,28H,5,8-15,25H2,1H3,(H2,27,33)/b21-20+,26-22?. The second-order valence-electron chi connectivity index (χ2n) is 8.75. The summed E-state index contributed by atoms with van der Waals surface area (Å²) in [5, 5.41) is 11.2. The van der Waals surface area contributed by atoms with Gasteiger partial charge < -0.3 is 31.2 Å². The largest absolute Gasteiger partial charge is 0.385 e. The molecule has 2 saturated heterocycles. The maximum absolute atomic E-state index is 11.9. The molecule has 9 nitrogen and oxygen atoms in total. The van der Waals surface area contributed by atoms with Gasteiger partial charge in [0.25, 0.3) is 5.91 Å². The van der Waals surface area contributed by atoms with Crippen molar-refractivity contribution >= 4 is 11.7 Å². The average Bonchev–Trinajstić information content (AvgIpc) is 3.22. The Morgan fingerprint density at radius 3 is 2.39 bits per heavy atom. The average molecular weight is 451 g/mol. The highest BCUT2D eigenvalue weighted by atomic mass is 16.1. The minimum atomic E-state index is -0.692. The highest BCUT2D eigenvalue weighted by Crippen LogP contribution is 2.31. The summed E-state index contributed by atoms with van der Waals surface area (Å²) in [6.07, 6.45) is 5.17. The lowest BCUT2D eigenvalue weighted by Gasteiger charge is -2.34. The zero-order valence-electron chi connectivity index (χ0n) is 19.3. The minimum Gasteiger partial charge on any atom is -0.385 e. The summed E-state index contributed by atoms with van der Waals surface area (Å²) < 4.78 is 2.32. The summed E-state index contributed by atoms with van der Waals surface area (Å²) in [6.45, 7) is 5.63. The first-order valence-electron chi connectivity index (χ1n) is 11.6. The number of rotatable bonds is 8. The molecule has 33 heavy (non-hydrogen) atoms. The van der Waals surface area contributed by atoms with Gasteiger partial charge in [0, 0.05) is 50.9 Å². The molecule has 0 saturated carbocycles. The van der Waals surface area contributed by atoms with Gasteiger partial charge in [-0.15, -0.1) is 0 Å². The van der Waals surface area contributed by atoms with Crippen molar-refractivity contribution in [2.24, 2.45) is 11.5 Å². The van der Waals surface area contributed by atoms with E-state index in [1.165, 1.54) is 19.5 Å². The second-order valence-corrected chi connectivity index (χ2v) is 8.75. The predicted molar refractivity (Wildman–Crippen MR) is 129 cm³/mol. The van der Waals surface area contributed by atoms with E-state index in [2.05, 4.69) is 33.1 Å². The van der Waals surface area contributed by atoms with E-state index >= 15 is 0 Å². The van der Waals surface area contributed by atoms with Crippen LogP contribution in [0.15, 0.2) is 47.9 Å². The van der Waals surface area contributed by atoms with Gasteiger partial charge in [0.15, 0.2) is 0 Å². The molecule has 0 radical (unpaired) electrons. The minimum absolute atomic E-state index is 0.0402. The van der Waals surface area contributed by atoms with Crippen molar-refractivity contribution in [3.63, 3.8) is 0 Å². The number of carbonyl (C=O) groups excluding carboxylic acids is 1. The van der Waals surface area contributed by atoms with Crippen molar-refractivity contribution < 1.29 is 4.79 Å². The molecule has 0 spiro atoms. The van der Waals surface area contributed by atoms with Crippen LogP contribution in [0.5, 0.6) is 0 Å². The summed E-state index contributed by atoms with van der Waals surface area (Å²) >= 11 is 0. The van der Waals surface area contributed by atoms with Crippen LogP contribution in [0.1, 0.15) is 31.0 Å². The fourth-order valence-corrected chi connectivity index (χ4v) is 4.56. The molecule has 6 N–H and O–H groups in total. The van der Waals surface area contributed by atoms with Crippen LogP contribution < -0.4 is 16.8 Å². The maximum atomic E-state index is 11.9. The first kappa shape index (κ1) is 22.8. The highest BCUT2D eigenvalue weighted by molar-refractivity contribution is 6.19. The molecule has 2 aliphatic rings. The maximum Gasteiger partial charge on any atom is 0.256 e. The van der Waals surface area contributed by atoms with Gasteiger partial charge in [0.05, 0.1) is 5.69 Å². The normalized spacial score (nSPS) is 17.9. The molecule has 0 unspecified atom stereocenters. The number of amides is 1. The fourth-order valence-electron chi connectivity index (χ4n) is 4.56. The molecule has 0 aliphatic carbocycles. The van der Waals surface area contributed by atoms with E-state index in [9.17, 15) is 4.79 Å². The second kappa shape index (κ2) is 10.1. The molecule has 1 aromatic carbocycles. The van der Waals surface area contributed by atoms with E-state index in [4.69, 9.17) is 21.9 Å². The Morgan fingerprint density at radius 1 is 1.12 bits per heavy atom. The van der Waals surface area contributed by atoms with E-state index < -0.39 is 5.91 Å². The predicted octanol–water partition coefficient (Wildman–Crippen LogP) is 1.29. The monoisotopic (exact) mass is 450 g/mol. The number of carbonyl (C=O) groups is 1. The van der Waals surface area contributed by atoms with Crippen LogP contribution in [0.2, 0.25) is 0 Å². The lowest BCUT2D eigenvalue weighted by molar-refractivity contribution is -0.114. The van der Waals surface area contributed by atoms with E-state index in [0.717, 1.165) is 43.0 Å². The Hall–Kier alpha value is -3.33. The van der Waals surface area contributed by atoms with Crippen molar-refractivity contribution in [2.75, 3.05) is 39.8 Å². The summed E-state index contributed by atoms with van der Waals surface area (Å²) in [7, 11) is 1.61. The van der Waals surface area contributed by atoms with Gasteiger partial charge in [0.2, 0.25) is 0 Å². The Bertz CT molecular complexity index is 1020. The van der Waals surface area contributed by atoms with Gasteiger partial charge in [-0.2, -0.15) is 0 Å². The van der Waals surface area contributed by atoms with Gasteiger partial charge >= 0.3 is 0 Å². The smallest absolute Gasteiger partial charge is 0.256 e. The lowest BCUT2D eigenvalue weighted by atomic mass is 9.95. The molecule has 1 aromatic heterocycles. The molecule has 0 bridgehead atoms. The van der Waals surface area contributed by atoms with Crippen LogP contribution in [0.3, 0.4) is 0 Å². The Labute approximate surface area is 194 Å². The summed E-state index contributed by atoms with van der Waals surface area (Å²) in [6, 6.07) is 10.3. The lowest BCUT2D eigenvalue weighted by Crippen LogP contribution is -2.43. The number of nitrogens with zero attached hydrogens (tertiary/aromatic N) is 4. The van der Waals surface area contributed by atoms with Gasteiger partial charge in [0.1, 0.15) is 23.1 Å². The van der Waals surface area contributed by atoms with E-state index in [1.807, 2.05) is 23.1 Å². The number of piperidine rings is 1. The number of imidazole rings is 1. The van der Waals surface area contributed by atoms with Gasteiger partial charge in [-0.1, -0.05) is 30.3 Å². The van der Waals surface area contributed by atoms with E-state index in [-0.39, 0.29) is 17.2 Å². The molecule has 2 aliphatic heterocycles. The number of hydrogen-bond acceptors (Lipinski definition) is 6. The van der Waals surface area contributed by atoms with Crippen LogP contribution in [-0.2, 0) is 11.3 Å². The van der Waals surface area contributed by atoms with Crippen LogP contribution in [0.4, 0.5) is 0 Å². The molecule has 1 amide bonds. The van der Waals surface area contributed by atoms with Crippen molar-refractivity contribution in [3.05, 3.63) is 53.7 Å². The first-order chi connectivity index (χ1) is 16.0.